The fourth-order valence-electron chi connectivity index (χ4n) is 2.39. The number of aryl methyl sites for hydroxylation is 1. The quantitative estimate of drug-likeness (QED) is 0.702. The van der Waals surface area contributed by atoms with Gasteiger partial charge in [-0.25, -0.2) is 9.97 Å². The van der Waals surface area contributed by atoms with Crippen molar-refractivity contribution in [1.29, 1.82) is 0 Å². The highest BCUT2D eigenvalue weighted by atomic mass is 16.5. The van der Waals surface area contributed by atoms with Crippen molar-refractivity contribution in [2.45, 2.75) is 13.5 Å². The van der Waals surface area contributed by atoms with E-state index in [1.165, 1.54) is 0 Å². The minimum atomic E-state index is 0.527. The van der Waals surface area contributed by atoms with Crippen LogP contribution >= 0.6 is 0 Å². The Labute approximate surface area is 129 Å². The molecule has 0 atom stereocenters. The van der Waals surface area contributed by atoms with Crippen LogP contribution in [0.2, 0.25) is 0 Å². The molecule has 0 aromatic carbocycles. The van der Waals surface area contributed by atoms with Crippen LogP contribution in [-0.4, -0.2) is 39.3 Å². The summed E-state index contributed by atoms with van der Waals surface area (Å²) in [6, 6.07) is 5.95. The number of fused-ring (bicyclic) bond motifs is 1. The summed E-state index contributed by atoms with van der Waals surface area (Å²) >= 11 is 0. The number of nitrogens with two attached hydrogens (primary N) is 1. The summed E-state index contributed by atoms with van der Waals surface area (Å²) in [5.74, 6) is 0.881. The standard InChI is InChI=1S/C16H19N5O/c1-12-10-14-16(19-11-12)21(7-9-22-8-4-17)15(20-14)13-2-5-18-6-3-13/h2-3,5-6,10-11H,4,7-9,17H2,1H3. The van der Waals surface area contributed by atoms with Gasteiger partial charge in [0.25, 0.3) is 0 Å². The number of imidazole rings is 1. The lowest BCUT2D eigenvalue weighted by molar-refractivity contribution is 0.134. The van der Waals surface area contributed by atoms with E-state index in [1.807, 2.05) is 31.3 Å². The van der Waals surface area contributed by atoms with E-state index in [0.717, 1.165) is 28.1 Å². The molecule has 0 aliphatic carbocycles. The number of rotatable bonds is 6. The van der Waals surface area contributed by atoms with Gasteiger partial charge in [-0.05, 0) is 30.7 Å². The summed E-state index contributed by atoms with van der Waals surface area (Å²) in [6.45, 7) is 4.37. The average molecular weight is 297 g/mol. The molecule has 0 amide bonds. The van der Waals surface area contributed by atoms with Crippen LogP contribution in [0.1, 0.15) is 5.56 Å². The van der Waals surface area contributed by atoms with Crippen molar-refractivity contribution in [2.24, 2.45) is 5.73 Å². The summed E-state index contributed by atoms with van der Waals surface area (Å²) in [6.07, 6.45) is 5.39. The largest absolute Gasteiger partial charge is 0.378 e. The lowest BCUT2D eigenvalue weighted by Gasteiger charge is -2.09. The maximum absolute atomic E-state index is 5.51. The second-order valence-electron chi connectivity index (χ2n) is 5.08. The van der Waals surface area contributed by atoms with E-state index in [0.29, 0.717) is 26.3 Å². The molecule has 0 aliphatic heterocycles. The minimum Gasteiger partial charge on any atom is -0.378 e. The van der Waals surface area contributed by atoms with Gasteiger partial charge in [-0.15, -0.1) is 0 Å². The molecular formula is C16H19N5O. The summed E-state index contributed by atoms with van der Waals surface area (Å²) in [7, 11) is 0. The molecule has 3 rings (SSSR count). The zero-order chi connectivity index (χ0) is 15.4. The molecule has 6 heteroatoms. The first kappa shape index (κ1) is 14.6. The van der Waals surface area contributed by atoms with E-state index >= 15 is 0 Å². The van der Waals surface area contributed by atoms with Gasteiger partial charge in [-0.1, -0.05) is 0 Å². The lowest BCUT2D eigenvalue weighted by atomic mass is 10.2. The molecule has 3 aromatic rings. The van der Waals surface area contributed by atoms with Crippen LogP contribution in [0.3, 0.4) is 0 Å². The topological polar surface area (TPSA) is 78.8 Å². The Balaban J connectivity index is 2.01. The van der Waals surface area contributed by atoms with Crippen LogP contribution in [0.5, 0.6) is 0 Å². The summed E-state index contributed by atoms with van der Waals surface area (Å²) < 4.78 is 7.59. The predicted octanol–water partition coefficient (Wildman–Crippen LogP) is 1.78. The van der Waals surface area contributed by atoms with Crippen LogP contribution in [0.25, 0.3) is 22.6 Å². The van der Waals surface area contributed by atoms with E-state index in [2.05, 4.69) is 14.5 Å². The third-order valence-corrected chi connectivity index (χ3v) is 3.38. The van der Waals surface area contributed by atoms with Gasteiger partial charge in [-0.2, -0.15) is 0 Å². The number of ether oxygens (including phenoxy) is 1. The summed E-state index contributed by atoms with van der Waals surface area (Å²) in [5.41, 5.74) is 9.33. The van der Waals surface area contributed by atoms with Crippen LogP contribution in [0, 0.1) is 6.92 Å². The molecule has 3 heterocycles. The van der Waals surface area contributed by atoms with E-state index in [4.69, 9.17) is 15.5 Å². The highest BCUT2D eigenvalue weighted by Gasteiger charge is 2.13. The van der Waals surface area contributed by atoms with E-state index in [-0.39, 0.29) is 0 Å². The van der Waals surface area contributed by atoms with Crippen molar-refractivity contribution in [2.75, 3.05) is 19.8 Å². The van der Waals surface area contributed by atoms with Gasteiger partial charge in [0.2, 0.25) is 0 Å². The Morgan fingerprint density at radius 1 is 1.23 bits per heavy atom. The van der Waals surface area contributed by atoms with Crippen molar-refractivity contribution in [3.05, 3.63) is 42.4 Å². The summed E-state index contributed by atoms with van der Waals surface area (Å²) in [5, 5.41) is 0. The SMILES string of the molecule is Cc1cnc2c(c1)nc(-c1ccncc1)n2CCOCCN. The van der Waals surface area contributed by atoms with Crippen LogP contribution in [0.15, 0.2) is 36.8 Å². The number of hydrogen-bond donors (Lipinski definition) is 1. The molecule has 0 bridgehead atoms. The first-order valence-electron chi connectivity index (χ1n) is 7.30. The molecule has 114 valence electrons. The first-order valence-corrected chi connectivity index (χ1v) is 7.30. The molecule has 0 saturated heterocycles. The van der Waals surface area contributed by atoms with Crippen LogP contribution in [-0.2, 0) is 11.3 Å². The van der Waals surface area contributed by atoms with Gasteiger partial charge in [0.15, 0.2) is 5.65 Å². The lowest BCUT2D eigenvalue weighted by Crippen LogP contribution is -2.13. The maximum Gasteiger partial charge on any atom is 0.160 e. The van der Waals surface area contributed by atoms with Crippen molar-refractivity contribution >= 4 is 11.2 Å². The van der Waals surface area contributed by atoms with E-state index in [1.54, 1.807) is 12.4 Å². The average Bonchev–Trinajstić information content (AvgIpc) is 2.90. The number of aromatic nitrogens is 4. The number of pyridine rings is 2. The van der Waals surface area contributed by atoms with Gasteiger partial charge in [0.05, 0.1) is 13.2 Å². The van der Waals surface area contributed by atoms with Gasteiger partial charge < -0.3 is 15.0 Å². The number of hydrogen-bond acceptors (Lipinski definition) is 5. The van der Waals surface area contributed by atoms with Gasteiger partial charge in [0, 0.05) is 37.2 Å². The van der Waals surface area contributed by atoms with Crippen LogP contribution in [0.4, 0.5) is 0 Å². The third-order valence-electron chi connectivity index (χ3n) is 3.38. The Bertz CT molecular complexity index is 754. The maximum atomic E-state index is 5.51. The second-order valence-corrected chi connectivity index (χ2v) is 5.08. The molecule has 0 saturated carbocycles. The zero-order valence-electron chi connectivity index (χ0n) is 12.6. The van der Waals surface area contributed by atoms with Crippen LogP contribution < -0.4 is 5.73 Å². The van der Waals surface area contributed by atoms with Crippen molar-refractivity contribution in [1.82, 2.24) is 19.5 Å². The Morgan fingerprint density at radius 3 is 2.82 bits per heavy atom. The highest BCUT2D eigenvalue weighted by Crippen LogP contribution is 2.23. The van der Waals surface area contributed by atoms with Gasteiger partial charge in [0.1, 0.15) is 11.3 Å². The Morgan fingerprint density at radius 2 is 2.05 bits per heavy atom. The molecule has 6 nitrogen and oxygen atoms in total. The molecule has 0 aliphatic rings. The molecular weight excluding hydrogens is 278 g/mol. The van der Waals surface area contributed by atoms with E-state index in [9.17, 15) is 0 Å². The van der Waals surface area contributed by atoms with Crippen molar-refractivity contribution in [3.63, 3.8) is 0 Å². The highest BCUT2D eigenvalue weighted by molar-refractivity contribution is 5.77. The normalized spacial score (nSPS) is 11.2. The number of nitrogens with zero attached hydrogens (tertiary/aromatic N) is 4. The molecule has 22 heavy (non-hydrogen) atoms. The van der Waals surface area contributed by atoms with Crippen molar-refractivity contribution in [3.8, 4) is 11.4 Å². The monoisotopic (exact) mass is 297 g/mol. The predicted molar refractivity (Wildman–Crippen MR) is 85.4 cm³/mol. The van der Waals surface area contributed by atoms with Crippen molar-refractivity contribution < 1.29 is 4.74 Å². The molecule has 0 unspecified atom stereocenters. The van der Waals surface area contributed by atoms with Gasteiger partial charge >= 0.3 is 0 Å². The minimum absolute atomic E-state index is 0.527. The molecule has 0 spiro atoms. The molecule has 3 aromatic heterocycles. The molecule has 2 N–H and O–H groups in total. The fourth-order valence-corrected chi connectivity index (χ4v) is 2.39. The fraction of sp³-hybridized carbons (Fsp3) is 0.312. The smallest absolute Gasteiger partial charge is 0.160 e. The summed E-state index contributed by atoms with van der Waals surface area (Å²) in [4.78, 5) is 13.3. The Hall–Kier alpha value is -2.31. The first-order chi connectivity index (χ1) is 10.8. The second kappa shape index (κ2) is 6.64. The third kappa shape index (κ3) is 2.98. The zero-order valence-corrected chi connectivity index (χ0v) is 12.6. The molecule has 0 fully saturated rings. The molecule has 0 radical (unpaired) electrons. The van der Waals surface area contributed by atoms with Gasteiger partial charge in [-0.3, -0.25) is 4.98 Å². The Kier molecular flexibility index (Phi) is 4.41. The van der Waals surface area contributed by atoms with E-state index < -0.39 is 0 Å².